The van der Waals surface area contributed by atoms with Gasteiger partial charge in [0.25, 0.3) is 0 Å². The zero-order chi connectivity index (χ0) is 13.6. The average Bonchev–Trinajstić information content (AvgIpc) is 2.33. The molecule has 0 rings (SSSR count). The molecule has 0 saturated heterocycles. The van der Waals surface area contributed by atoms with Crippen LogP contribution in [0.3, 0.4) is 0 Å². The van der Waals surface area contributed by atoms with Crippen molar-refractivity contribution in [1.82, 2.24) is 5.32 Å². The first-order chi connectivity index (χ1) is 8.66. The predicted octanol–water partition coefficient (Wildman–Crippen LogP) is 1.38. The molecule has 5 nitrogen and oxygen atoms in total. The Bertz CT molecular complexity index is 208. The van der Waals surface area contributed by atoms with Gasteiger partial charge in [0.1, 0.15) is 0 Å². The molecule has 0 aliphatic carbocycles. The van der Waals surface area contributed by atoms with E-state index in [2.05, 4.69) is 24.2 Å². The molecule has 0 unspecified atom stereocenters. The maximum absolute atomic E-state index is 5.71. The van der Waals surface area contributed by atoms with Gasteiger partial charge in [-0.05, 0) is 25.7 Å². The molecule has 0 aliphatic rings. The van der Waals surface area contributed by atoms with E-state index in [-0.39, 0.29) is 0 Å². The second-order valence-electron chi connectivity index (χ2n) is 4.57. The van der Waals surface area contributed by atoms with Crippen molar-refractivity contribution in [3.05, 3.63) is 0 Å². The molecule has 0 aromatic rings. The van der Waals surface area contributed by atoms with E-state index in [1.807, 2.05) is 6.92 Å². The Labute approximate surface area is 111 Å². The molecule has 0 fully saturated rings. The van der Waals surface area contributed by atoms with E-state index in [0.717, 1.165) is 45.8 Å². The smallest absolute Gasteiger partial charge is 0.188 e. The van der Waals surface area contributed by atoms with Gasteiger partial charge in [0, 0.05) is 39.5 Å². The van der Waals surface area contributed by atoms with E-state index in [9.17, 15) is 0 Å². The van der Waals surface area contributed by atoms with Gasteiger partial charge in [-0.15, -0.1) is 0 Å². The van der Waals surface area contributed by atoms with Crippen LogP contribution in [-0.2, 0) is 9.47 Å². The first-order valence-electron chi connectivity index (χ1n) is 6.86. The topological polar surface area (TPSA) is 68.9 Å². The van der Waals surface area contributed by atoms with Crippen molar-refractivity contribution in [2.45, 2.75) is 33.6 Å². The van der Waals surface area contributed by atoms with E-state index < -0.39 is 0 Å². The molecule has 5 heteroatoms. The summed E-state index contributed by atoms with van der Waals surface area (Å²) < 4.78 is 10.7. The van der Waals surface area contributed by atoms with Gasteiger partial charge in [0.2, 0.25) is 0 Å². The Morgan fingerprint density at radius 3 is 2.61 bits per heavy atom. The van der Waals surface area contributed by atoms with Gasteiger partial charge in [-0.1, -0.05) is 13.8 Å². The van der Waals surface area contributed by atoms with Gasteiger partial charge in [-0.3, -0.25) is 4.99 Å². The minimum atomic E-state index is 0.510. The summed E-state index contributed by atoms with van der Waals surface area (Å²) in [6.07, 6.45) is 1.86. The van der Waals surface area contributed by atoms with Crippen molar-refractivity contribution in [1.29, 1.82) is 0 Å². The van der Waals surface area contributed by atoms with E-state index in [4.69, 9.17) is 15.2 Å². The van der Waals surface area contributed by atoms with E-state index in [1.54, 1.807) is 0 Å². The van der Waals surface area contributed by atoms with Gasteiger partial charge in [-0.25, -0.2) is 0 Å². The Hall–Kier alpha value is -0.810. The molecule has 0 aromatic heterocycles. The van der Waals surface area contributed by atoms with Crippen LogP contribution in [0.4, 0.5) is 0 Å². The van der Waals surface area contributed by atoms with E-state index >= 15 is 0 Å². The summed E-state index contributed by atoms with van der Waals surface area (Å²) in [4.78, 5) is 4.22. The van der Waals surface area contributed by atoms with Crippen LogP contribution in [0.1, 0.15) is 33.6 Å². The first kappa shape index (κ1) is 17.2. The summed E-state index contributed by atoms with van der Waals surface area (Å²) in [5.41, 5.74) is 5.71. The lowest BCUT2D eigenvalue weighted by atomic mass is 10.2. The molecule has 0 aliphatic heterocycles. The first-order valence-corrected chi connectivity index (χ1v) is 6.86. The molecule has 0 spiro atoms. The monoisotopic (exact) mass is 259 g/mol. The molecule has 0 radical (unpaired) electrons. The lowest BCUT2D eigenvalue weighted by molar-refractivity contribution is 0.109. The van der Waals surface area contributed by atoms with Crippen LogP contribution >= 0.6 is 0 Å². The van der Waals surface area contributed by atoms with Crippen LogP contribution in [0.5, 0.6) is 0 Å². The number of ether oxygens (including phenoxy) is 2. The van der Waals surface area contributed by atoms with Crippen LogP contribution < -0.4 is 11.1 Å². The number of nitrogens with zero attached hydrogens (tertiary/aromatic N) is 1. The number of nitrogens with two attached hydrogens (primary N) is 1. The molecule has 108 valence electrons. The van der Waals surface area contributed by atoms with Crippen LogP contribution in [0.2, 0.25) is 0 Å². The van der Waals surface area contributed by atoms with Crippen molar-refractivity contribution in [2.24, 2.45) is 16.6 Å². The Morgan fingerprint density at radius 2 is 1.94 bits per heavy atom. The van der Waals surface area contributed by atoms with Crippen molar-refractivity contribution >= 4 is 5.96 Å². The fourth-order valence-electron chi connectivity index (χ4n) is 1.28. The summed E-state index contributed by atoms with van der Waals surface area (Å²) in [6.45, 7) is 10.9. The maximum Gasteiger partial charge on any atom is 0.188 e. The largest absolute Gasteiger partial charge is 0.382 e. The van der Waals surface area contributed by atoms with Gasteiger partial charge in [0.05, 0.1) is 0 Å². The molecule has 3 N–H and O–H groups in total. The van der Waals surface area contributed by atoms with Crippen molar-refractivity contribution in [3.8, 4) is 0 Å². The van der Waals surface area contributed by atoms with Crippen LogP contribution in [0.15, 0.2) is 4.99 Å². The van der Waals surface area contributed by atoms with Crippen LogP contribution in [-0.4, -0.2) is 45.5 Å². The second-order valence-corrected chi connectivity index (χ2v) is 4.57. The fourth-order valence-corrected chi connectivity index (χ4v) is 1.28. The molecule has 0 aromatic carbocycles. The molecule has 0 bridgehead atoms. The number of aliphatic imine (C=N–C) groups is 1. The number of nitrogens with one attached hydrogen (secondary N) is 1. The zero-order valence-electron chi connectivity index (χ0n) is 12.1. The predicted molar refractivity (Wildman–Crippen MR) is 75.9 cm³/mol. The molecule has 0 amide bonds. The molecular formula is C13H29N3O2. The van der Waals surface area contributed by atoms with Crippen molar-refractivity contribution < 1.29 is 9.47 Å². The SMILES string of the molecule is CCOCCCNC(N)=NCCCOCC(C)C. The minimum absolute atomic E-state index is 0.510. The van der Waals surface area contributed by atoms with Gasteiger partial charge < -0.3 is 20.5 Å². The van der Waals surface area contributed by atoms with Gasteiger partial charge in [-0.2, -0.15) is 0 Å². The number of guanidine groups is 1. The minimum Gasteiger partial charge on any atom is -0.382 e. The lowest BCUT2D eigenvalue weighted by Gasteiger charge is -2.07. The normalized spacial score (nSPS) is 12.1. The Balaban J connectivity index is 3.31. The van der Waals surface area contributed by atoms with Gasteiger partial charge >= 0.3 is 0 Å². The summed E-state index contributed by atoms with van der Waals surface area (Å²) in [5, 5.41) is 3.06. The summed E-state index contributed by atoms with van der Waals surface area (Å²) in [7, 11) is 0. The molecule has 0 atom stereocenters. The lowest BCUT2D eigenvalue weighted by Crippen LogP contribution is -2.33. The quantitative estimate of drug-likeness (QED) is 0.334. The third kappa shape index (κ3) is 13.3. The zero-order valence-corrected chi connectivity index (χ0v) is 12.1. The van der Waals surface area contributed by atoms with E-state index in [1.165, 1.54) is 0 Å². The summed E-state index contributed by atoms with van der Waals surface area (Å²) in [6, 6.07) is 0. The Kier molecular flexibility index (Phi) is 12.1. The Morgan fingerprint density at radius 1 is 1.22 bits per heavy atom. The highest BCUT2D eigenvalue weighted by atomic mass is 16.5. The fraction of sp³-hybridized carbons (Fsp3) is 0.923. The third-order valence-electron chi connectivity index (χ3n) is 2.16. The second kappa shape index (κ2) is 12.6. The highest BCUT2D eigenvalue weighted by molar-refractivity contribution is 5.77. The summed E-state index contributed by atoms with van der Waals surface area (Å²) in [5.74, 6) is 1.10. The van der Waals surface area contributed by atoms with Crippen molar-refractivity contribution in [2.75, 3.05) is 39.5 Å². The molecule has 0 saturated carbocycles. The molecule has 18 heavy (non-hydrogen) atoms. The number of hydrogen-bond donors (Lipinski definition) is 2. The molecular weight excluding hydrogens is 230 g/mol. The number of rotatable bonds is 11. The summed E-state index contributed by atoms with van der Waals surface area (Å²) >= 11 is 0. The molecule has 0 heterocycles. The highest BCUT2D eigenvalue weighted by Gasteiger charge is 1.94. The number of hydrogen-bond acceptors (Lipinski definition) is 3. The van der Waals surface area contributed by atoms with Crippen LogP contribution in [0.25, 0.3) is 0 Å². The van der Waals surface area contributed by atoms with Crippen molar-refractivity contribution in [3.63, 3.8) is 0 Å². The third-order valence-corrected chi connectivity index (χ3v) is 2.16. The van der Waals surface area contributed by atoms with Crippen LogP contribution in [0, 0.1) is 5.92 Å². The standard InChI is InChI=1S/C13H29N3O2/c1-4-17-9-5-7-15-13(14)16-8-6-10-18-11-12(2)3/h12H,4-11H2,1-3H3,(H3,14,15,16). The highest BCUT2D eigenvalue weighted by Crippen LogP contribution is 1.93. The maximum atomic E-state index is 5.71. The van der Waals surface area contributed by atoms with Gasteiger partial charge in [0.15, 0.2) is 5.96 Å². The van der Waals surface area contributed by atoms with E-state index in [0.29, 0.717) is 18.4 Å². The average molecular weight is 259 g/mol.